The average molecular weight is 356 g/mol. The van der Waals surface area contributed by atoms with E-state index in [0.29, 0.717) is 32.9 Å². The van der Waals surface area contributed by atoms with Gasteiger partial charge in [0.2, 0.25) is 0 Å². The van der Waals surface area contributed by atoms with Crippen molar-refractivity contribution in [1.29, 1.82) is 0 Å². The lowest BCUT2D eigenvalue weighted by Gasteiger charge is -2.10. The number of aromatic nitrogens is 4. The lowest BCUT2D eigenvalue weighted by atomic mass is 10.2. The van der Waals surface area contributed by atoms with Gasteiger partial charge in [-0.15, -0.1) is 0 Å². The number of fused-ring (bicyclic) bond motifs is 1. The van der Waals surface area contributed by atoms with Gasteiger partial charge in [-0.25, -0.2) is 15.0 Å². The van der Waals surface area contributed by atoms with E-state index in [1.54, 1.807) is 0 Å². The summed E-state index contributed by atoms with van der Waals surface area (Å²) in [5, 5.41) is 1.24. The van der Waals surface area contributed by atoms with Crippen LogP contribution in [0.3, 0.4) is 0 Å². The van der Waals surface area contributed by atoms with Gasteiger partial charge in [-0.1, -0.05) is 35.3 Å². The van der Waals surface area contributed by atoms with Gasteiger partial charge in [-0.05, 0) is 36.4 Å². The largest absolute Gasteiger partial charge is 0.382 e. The van der Waals surface area contributed by atoms with Crippen molar-refractivity contribution in [2.24, 2.45) is 0 Å². The maximum absolute atomic E-state index is 6.37. The van der Waals surface area contributed by atoms with Gasteiger partial charge in [0.25, 0.3) is 0 Å². The van der Waals surface area contributed by atoms with E-state index in [1.165, 1.54) is 6.33 Å². The Morgan fingerprint density at radius 3 is 2.42 bits per heavy atom. The fraction of sp³-hybridized carbons (Fsp3) is 0. The van der Waals surface area contributed by atoms with Gasteiger partial charge >= 0.3 is 0 Å². The number of nitrogens with zero attached hydrogens (tertiary/aromatic N) is 4. The third-order valence-corrected chi connectivity index (χ3v) is 4.25. The molecule has 0 aliphatic carbocycles. The summed E-state index contributed by atoms with van der Waals surface area (Å²) in [4.78, 5) is 13.0. The first kappa shape index (κ1) is 14.9. The van der Waals surface area contributed by atoms with Crippen molar-refractivity contribution in [1.82, 2.24) is 19.5 Å². The molecule has 0 fully saturated rings. The number of hydrogen-bond donors (Lipinski definition) is 1. The lowest BCUT2D eigenvalue weighted by molar-refractivity contribution is 1.07. The van der Waals surface area contributed by atoms with Crippen LogP contribution >= 0.6 is 23.2 Å². The summed E-state index contributed by atoms with van der Waals surface area (Å²) >= 11 is 12.4. The summed E-state index contributed by atoms with van der Waals surface area (Å²) in [7, 11) is 0. The summed E-state index contributed by atoms with van der Waals surface area (Å²) < 4.78 is 1.89. The highest BCUT2D eigenvalue weighted by atomic mass is 35.5. The second kappa shape index (κ2) is 5.78. The molecule has 118 valence electrons. The summed E-state index contributed by atoms with van der Waals surface area (Å²) in [6, 6.07) is 14.9. The molecule has 0 unspecified atom stereocenters. The molecule has 0 amide bonds. The zero-order valence-electron chi connectivity index (χ0n) is 12.3. The van der Waals surface area contributed by atoms with Crippen molar-refractivity contribution in [3.05, 3.63) is 64.9 Å². The summed E-state index contributed by atoms with van der Waals surface area (Å²) in [5.41, 5.74) is 8.76. The van der Waals surface area contributed by atoms with E-state index in [2.05, 4.69) is 15.0 Å². The van der Waals surface area contributed by atoms with Crippen LogP contribution in [0.15, 0.2) is 54.9 Å². The van der Waals surface area contributed by atoms with Crippen LogP contribution in [-0.2, 0) is 0 Å². The van der Waals surface area contributed by atoms with Crippen LogP contribution in [0.25, 0.3) is 28.2 Å². The first-order valence-corrected chi connectivity index (χ1v) is 7.90. The van der Waals surface area contributed by atoms with E-state index in [9.17, 15) is 0 Å². The van der Waals surface area contributed by atoms with Crippen LogP contribution in [0, 0.1) is 0 Å². The van der Waals surface area contributed by atoms with Gasteiger partial charge < -0.3 is 5.73 Å². The molecule has 24 heavy (non-hydrogen) atoms. The number of rotatable bonds is 2. The second-order valence-electron chi connectivity index (χ2n) is 5.16. The van der Waals surface area contributed by atoms with Crippen molar-refractivity contribution in [3.8, 4) is 17.1 Å². The standard InChI is InChI=1S/C17H11Cl2N5/c18-10-5-7-11(8-6-10)24-16(12-3-1-2-4-13(12)19)23-14-15(20)21-9-22-17(14)24/h1-9H,(H2,20,21,22). The molecule has 0 saturated carbocycles. The van der Waals surface area contributed by atoms with Crippen molar-refractivity contribution in [2.75, 3.05) is 5.73 Å². The SMILES string of the molecule is Nc1ncnc2c1nc(-c1ccccc1Cl)n2-c1ccc(Cl)cc1. The molecule has 0 spiro atoms. The van der Waals surface area contributed by atoms with Crippen LogP contribution in [0.2, 0.25) is 10.0 Å². The predicted octanol–water partition coefficient (Wildman–Crippen LogP) is 4.37. The molecular formula is C17H11Cl2N5. The van der Waals surface area contributed by atoms with E-state index < -0.39 is 0 Å². The van der Waals surface area contributed by atoms with Gasteiger partial charge in [-0.3, -0.25) is 4.57 Å². The maximum Gasteiger partial charge on any atom is 0.170 e. The number of hydrogen-bond acceptors (Lipinski definition) is 4. The van der Waals surface area contributed by atoms with Gasteiger partial charge in [-0.2, -0.15) is 0 Å². The zero-order valence-corrected chi connectivity index (χ0v) is 13.8. The molecule has 4 aromatic rings. The quantitative estimate of drug-likeness (QED) is 0.579. The Balaban J connectivity index is 2.10. The molecule has 0 radical (unpaired) electrons. The van der Waals surface area contributed by atoms with Crippen molar-refractivity contribution in [3.63, 3.8) is 0 Å². The summed E-state index contributed by atoms with van der Waals surface area (Å²) in [5.74, 6) is 0.964. The number of benzene rings is 2. The van der Waals surface area contributed by atoms with Gasteiger partial charge in [0.1, 0.15) is 12.2 Å². The second-order valence-corrected chi connectivity index (χ2v) is 6.00. The summed E-state index contributed by atoms with van der Waals surface area (Å²) in [6.07, 6.45) is 1.42. The van der Waals surface area contributed by atoms with Gasteiger partial charge in [0.05, 0.1) is 5.02 Å². The highest BCUT2D eigenvalue weighted by Gasteiger charge is 2.19. The third-order valence-electron chi connectivity index (χ3n) is 3.67. The minimum Gasteiger partial charge on any atom is -0.382 e. The molecule has 2 heterocycles. The van der Waals surface area contributed by atoms with Crippen LogP contribution < -0.4 is 5.73 Å². The monoisotopic (exact) mass is 355 g/mol. The molecule has 0 atom stereocenters. The minimum absolute atomic E-state index is 0.320. The number of nitrogens with two attached hydrogens (primary N) is 1. The third kappa shape index (κ3) is 2.38. The van der Waals surface area contributed by atoms with Crippen LogP contribution in [-0.4, -0.2) is 19.5 Å². The Kier molecular flexibility index (Phi) is 3.59. The fourth-order valence-corrected chi connectivity index (χ4v) is 2.91. The topological polar surface area (TPSA) is 69.6 Å². The number of nitrogen functional groups attached to an aromatic ring is 1. The highest BCUT2D eigenvalue weighted by molar-refractivity contribution is 6.33. The number of anilines is 1. The molecule has 7 heteroatoms. The van der Waals surface area contributed by atoms with Crippen molar-refractivity contribution < 1.29 is 0 Å². The number of imidazole rings is 1. The van der Waals surface area contributed by atoms with Crippen LogP contribution in [0.5, 0.6) is 0 Å². The van der Waals surface area contributed by atoms with E-state index in [4.69, 9.17) is 28.9 Å². The lowest BCUT2D eigenvalue weighted by Crippen LogP contribution is -1.99. The zero-order chi connectivity index (χ0) is 16.7. The molecule has 2 aromatic heterocycles. The normalized spacial score (nSPS) is 11.1. The predicted molar refractivity (Wildman–Crippen MR) is 96.5 cm³/mol. The molecule has 0 saturated heterocycles. The first-order chi connectivity index (χ1) is 11.6. The van der Waals surface area contributed by atoms with E-state index in [1.807, 2.05) is 53.1 Å². The smallest absolute Gasteiger partial charge is 0.170 e. The molecule has 2 aromatic carbocycles. The average Bonchev–Trinajstić information content (AvgIpc) is 2.97. The minimum atomic E-state index is 0.320. The highest BCUT2D eigenvalue weighted by Crippen LogP contribution is 2.33. The molecule has 5 nitrogen and oxygen atoms in total. The van der Waals surface area contributed by atoms with E-state index in [-0.39, 0.29) is 0 Å². The van der Waals surface area contributed by atoms with Crippen LogP contribution in [0.1, 0.15) is 0 Å². The first-order valence-electron chi connectivity index (χ1n) is 7.15. The summed E-state index contributed by atoms with van der Waals surface area (Å²) in [6.45, 7) is 0. The van der Waals surface area contributed by atoms with E-state index >= 15 is 0 Å². The Hall–Kier alpha value is -2.63. The molecule has 0 aliphatic heterocycles. The Bertz CT molecular complexity index is 1040. The Morgan fingerprint density at radius 1 is 0.917 bits per heavy atom. The molecular weight excluding hydrogens is 345 g/mol. The number of halogens is 2. The van der Waals surface area contributed by atoms with Crippen molar-refractivity contribution >= 4 is 40.2 Å². The van der Waals surface area contributed by atoms with Crippen LogP contribution in [0.4, 0.5) is 5.82 Å². The van der Waals surface area contributed by atoms with E-state index in [0.717, 1.165) is 11.3 Å². The fourth-order valence-electron chi connectivity index (χ4n) is 2.57. The Labute approximate surface area is 147 Å². The van der Waals surface area contributed by atoms with Gasteiger partial charge in [0.15, 0.2) is 17.0 Å². The molecule has 2 N–H and O–H groups in total. The molecule has 0 aliphatic rings. The Morgan fingerprint density at radius 2 is 1.67 bits per heavy atom. The molecule has 0 bridgehead atoms. The molecule has 4 rings (SSSR count). The maximum atomic E-state index is 6.37. The van der Waals surface area contributed by atoms with Crippen molar-refractivity contribution in [2.45, 2.75) is 0 Å². The van der Waals surface area contributed by atoms with Gasteiger partial charge in [0, 0.05) is 16.3 Å².